The second-order valence-electron chi connectivity index (χ2n) is 3.07. The topological polar surface area (TPSA) is 86.6 Å². The van der Waals surface area contributed by atoms with Gasteiger partial charge < -0.3 is 15.5 Å². The van der Waals surface area contributed by atoms with E-state index in [1.165, 1.54) is 11.1 Å². The summed E-state index contributed by atoms with van der Waals surface area (Å²) < 4.78 is 0. The van der Waals surface area contributed by atoms with Crippen LogP contribution in [0.4, 0.5) is 0 Å². The van der Waals surface area contributed by atoms with Gasteiger partial charge in [-0.15, -0.1) is 0 Å². The molecular weight excluding hydrogens is 222 g/mol. The van der Waals surface area contributed by atoms with Crippen molar-refractivity contribution in [3.05, 3.63) is 47.8 Å². The molecule has 0 aromatic heterocycles. The minimum absolute atomic E-state index is 1.26. The molecule has 3 N–H and O–H groups in total. The third-order valence-electron chi connectivity index (χ3n) is 1.90. The largest absolute Gasteiger partial charge is 0.473 e. The Bertz CT molecular complexity index is 434. The summed E-state index contributed by atoms with van der Waals surface area (Å²) >= 11 is 0. The van der Waals surface area contributed by atoms with E-state index in [-0.39, 0.29) is 0 Å². The van der Waals surface area contributed by atoms with Crippen LogP contribution in [-0.2, 0) is 9.59 Å². The Balaban J connectivity index is 0.000000209. The van der Waals surface area contributed by atoms with Crippen molar-refractivity contribution in [2.45, 2.75) is 0 Å². The number of hydrogen-bond acceptors (Lipinski definition) is 3. The first-order valence-corrected chi connectivity index (χ1v) is 4.75. The molecule has 0 amide bonds. The maximum Gasteiger partial charge on any atom is 0.414 e. The van der Waals surface area contributed by atoms with Gasteiger partial charge in [0.2, 0.25) is 0 Å². The Labute approximate surface area is 97.7 Å². The maximum absolute atomic E-state index is 9.10. The zero-order chi connectivity index (χ0) is 12.7. The van der Waals surface area contributed by atoms with Crippen LogP contribution in [0.25, 0.3) is 12.2 Å². The minimum Gasteiger partial charge on any atom is -0.473 e. The Morgan fingerprint density at radius 1 is 0.882 bits per heavy atom. The predicted molar refractivity (Wildman–Crippen MR) is 62.9 cm³/mol. The zero-order valence-electron chi connectivity index (χ0n) is 8.83. The highest BCUT2D eigenvalue weighted by Gasteiger charge is 2.04. The average Bonchev–Trinajstić information content (AvgIpc) is 2.54. The van der Waals surface area contributed by atoms with Crippen molar-refractivity contribution in [2.24, 2.45) is 0 Å². The van der Waals surface area contributed by atoms with Gasteiger partial charge in [0.05, 0.1) is 0 Å². The van der Waals surface area contributed by atoms with E-state index in [4.69, 9.17) is 19.8 Å². The molecule has 1 aliphatic heterocycles. The fourth-order valence-electron chi connectivity index (χ4n) is 1.15. The summed E-state index contributed by atoms with van der Waals surface area (Å²) in [6.45, 7) is 0. The van der Waals surface area contributed by atoms with E-state index in [1.807, 2.05) is 24.5 Å². The van der Waals surface area contributed by atoms with Crippen LogP contribution in [0.15, 0.2) is 36.7 Å². The van der Waals surface area contributed by atoms with Gasteiger partial charge >= 0.3 is 11.9 Å². The molecule has 0 saturated carbocycles. The Hall–Kier alpha value is -2.56. The lowest BCUT2D eigenvalue weighted by atomic mass is 10.1. The average molecular weight is 233 g/mol. The number of aliphatic carboxylic acids is 2. The van der Waals surface area contributed by atoms with Crippen molar-refractivity contribution < 1.29 is 19.8 Å². The van der Waals surface area contributed by atoms with E-state index in [1.54, 1.807) is 0 Å². The van der Waals surface area contributed by atoms with Crippen LogP contribution in [0.3, 0.4) is 0 Å². The van der Waals surface area contributed by atoms with Gasteiger partial charge in [0.15, 0.2) is 0 Å². The normalized spacial score (nSPS) is 11.3. The quantitative estimate of drug-likeness (QED) is 0.589. The number of hydrogen-bond donors (Lipinski definition) is 3. The molecule has 1 aromatic rings. The molecule has 1 aromatic carbocycles. The van der Waals surface area contributed by atoms with Gasteiger partial charge in [-0.2, -0.15) is 0 Å². The molecule has 5 nitrogen and oxygen atoms in total. The first-order chi connectivity index (χ1) is 8.11. The Kier molecular flexibility index (Phi) is 4.50. The summed E-state index contributed by atoms with van der Waals surface area (Å²) in [6, 6.07) is 8.29. The lowest BCUT2D eigenvalue weighted by Crippen LogP contribution is -2.09. The highest BCUT2D eigenvalue weighted by Crippen LogP contribution is 2.13. The van der Waals surface area contributed by atoms with Crippen molar-refractivity contribution in [1.29, 1.82) is 0 Å². The standard InChI is InChI=1S/C10H9N.C2H2O4/c1-2-4-10-6-8-11-7-5-9(10)3-1;3-1(4)2(5)6/h1-8,11H;(H,3,4)(H,5,6). The molecule has 88 valence electrons. The number of fused-ring (bicyclic) bond motifs is 1. The molecule has 0 unspecified atom stereocenters. The number of rotatable bonds is 0. The minimum atomic E-state index is -1.82. The third-order valence-corrected chi connectivity index (χ3v) is 1.90. The molecule has 17 heavy (non-hydrogen) atoms. The van der Waals surface area contributed by atoms with E-state index in [9.17, 15) is 0 Å². The van der Waals surface area contributed by atoms with Crippen molar-refractivity contribution in [3.63, 3.8) is 0 Å². The van der Waals surface area contributed by atoms with Gasteiger partial charge in [-0.1, -0.05) is 24.3 Å². The van der Waals surface area contributed by atoms with E-state index in [0.717, 1.165) is 0 Å². The monoisotopic (exact) mass is 233 g/mol. The first kappa shape index (κ1) is 12.5. The lowest BCUT2D eigenvalue weighted by molar-refractivity contribution is -0.159. The Morgan fingerprint density at radius 2 is 1.29 bits per heavy atom. The van der Waals surface area contributed by atoms with Crippen LogP contribution in [-0.4, -0.2) is 22.2 Å². The van der Waals surface area contributed by atoms with E-state index < -0.39 is 11.9 Å². The summed E-state index contributed by atoms with van der Waals surface area (Å²) in [5.41, 5.74) is 2.52. The number of carboxylic acid groups (broad SMARTS) is 2. The summed E-state index contributed by atoms with van der Waals surface area (Å²) in [4.78, 5) is 18.2. The van der Waals surface area contributed by atoms with Crippen LogP contribution < -0.4 is 5.32 Å². The molecule has 5 heteroatoms. The molecule has 0 fully saturated rings. The molecule has 0 spiro atoms. The fraction of sp³-hybridized carbons (Fsp3) is 0. The van der Waals surface area contributed by atoms with Crippen LogP contribution in [0, 0.1) is 0 Å². The summed E-state index contributed by atoms with van der Waals surface area (Å²) in [5.74, 6) is -3.65. The van der Waals surface area contributed by atoms with Gasteiger partial charge in [0.25, 0.3) is 0 Å². The van der Waals surface area contributed by atoms with Crippen molar-refractivity contribution in [2.75, 3.05) is 0 Å². The van der Waals surface area contributed by atoms with Crippen LogP contribution >= 0.6 is 0 Å². The molecule has 0 aliphatic carbocycles. The highest BCUT2D eigenvalue weighted by molar-refractivity contribution is 6.27. The summed E-state index contributed by atoms with van der Waals surface area (Å²) in [7, 11) is 0. The number of benzene rings is 1. The van der Waals surface area contributed by atoms with Gasteiger partial charge in [0.1, 0.15) is 0 Å². The van der Waals surface area contributed by atoms with Crippen LogP contribution in [0.1, 0.15) is 11.1 Å². The maximum atomic E-state index is 9.10. The number of carbonyl (C=O) groups is 2. The summed E-state index contributed by atoms with van der Waals surface area (Å²) in [6.07, 6.45) is 8.00. The van der Waals surface area contributed by atoms with Crippen LogP contribution in [0.2, 0.25) is 0 Å². The molecule has 0 bridgehead atoms. The zero-order valence-corrected chi connectivity index (χ0v) is 8.83. The van der Waals surface area contributed by atoms with Gasteiger partial charge in [-0.05, 0) is 23.3 Å². The van der Waals surface area contributed by atoms with Crippen molar-refractivity contribution in [3.8, 4) is 0 Å². The lowest BCUT2D eigenvalue weighted by Gasteiger charge is -1.95. The van der Waals surface area contributed by atoms with E-state index in [0.29, 0.717) is 0 Å². The molecule has 1 heterocycles. The Morgan fingerprint density at radius 3 is 1.65 bits per heavy atom. The third kappa shape index (κ3) is 4.21. The van der Waals surface area contributed by atoms with Gasteiger partial charge in [-0.25, -0.2) is 9.59 Å². The highest BCUT2D eigenvalue weighted by atomic mass is 16.4. The molecule has 2 rings (SSSR count). The van der Waals surface area contributed by atoms with E-state index in [2.05, 4.69) is 29.6 Å². The fourth-order valence-corrected chi connectivity index (χ4v) is 1.15. The second kappa shape index (κ2) is 6.12. The molecule has 0 atom stereocenters. The molecule has 1 aliphatic rings. The molecule has 0 radical (unpaired) electrons. The van der Waals surface area contributed by atoms with E-state index >= 15 is 0 Å². The first-order valence-electron chi connectivity index (χ1n) is 4.75. The van der Waals surface area contributed by atoms with Crippen LogP contribution in [0.5, 0.6) is 0 Å². The molecular formula is C12H11NO4. The smallest absolute Gasteiger partial charge is 0.414 e. The second-order valence-corrected chi connectivity index (χ2v) is 3.07. The number of carboxylic acids is 2. The van der Waals surface area contributed by atoms with Gasteiger partial charge in [-0.3, -0.25) is 0 Å². The number of nitrogens with one attached hydrogen (secondary N) is 1. The van der Waals surface area contributed by atoms with Gasteiger partial charge in [0, 0.05) is 12.4 Å². The SMILES string of the molecule is C1=Cc2ccccc2C=CN1.O=C(O)C(=O)O. The molecule has 0 saturated heterocycles. The predicted octanol–water partition coefficient (Wildman–Crippen LogP) is 1.39. The van der Waals surface area contributed by atoms with Crippen molar-refractivity contribution in [1.82, 2.24) is 5.32 Å². The summed E-state index contributed by atoms with van der Waals surface area (Å²) in [5, 5.41) is 17.8. The van der Waals surface area contributed by atoms with Crippen molar-refractivity contribution >= 4 is 24.1 Å².